The number of hydrogen-bond acceptors (Lipinski definition) is 0. The van der Waals surface area contributed by atoms with Crippen molar-refractivity contribution in [1.29, 1.82) is 0 Å². The smallest absolute Gasteiger partial charge is 0.0158 e. The Morgan fingerprint density at radius 1 is 1.25 bits per heavy atom. The van der Waals surface area contributed by atoms with Crippen LogP contribution in [-0.4, -0.2) is 0 Å². The van der Waals surface area contributed by atoms with Crippen molar-refractivity contribution in [3.8, 4) is 0 Å². The summed E-state index contributed by atoms with van der Waals surface area (Å²) in [5.74, 6) is 0. The Hall–Kier alpha value is -1.30. The summed E-state index contributed by atoms with van der Waals surface area (Å²) < 4.78 is 0. The zero-order valence-corrected chi connectivity index (χ0v) is 10.5. The molecule has 0 bridgehead atoms. The Kier molecular flexibility index (Phi) is 5.63. The first kappa shape index (κ1) is 12.8. The lowest BCUT2D eigenvalue weighted by molar-refractivity contribution is 0.730. The molecule has 0 N–H and O–H groups in total. The second kappa shape index (κ2) is 7.05. The van der Waals surface area contributed by atoms with Gasteiger partial charge in [-0.1, -0.05) is 62.8 Å². The van der Waals surface area contributed by atoms with E-state index in [4.69, 9.17) is 0 Å². The predicted molar refractivity (Wildman–Crippen MR) is 73.5 cm³/mol. The molecule has 86 valence electrons. The van der Waals surface area contributed by atoms with Gasteiger partial charge in [-0.25, -0.2) is 0 Å². The Balaban J connectivity index is 2.74. The first-order valence-electron chi connectivity index (χ1n) is 6.18. The number of hydrogen-bond donors (Lipinski definition) is 0. The lowest BCUT2D eigenvalue weighted by Crippen LogP contribution is -1.86. The molecule has 0 aliphatic carbocycles. The average molecular weight is 214 g/mol. The maximum atomic E-state index is 3.91. The van der Waals surface area contributed by atoms with Crippen LogP contribution in [0.25, 0.3) is 5.57 Å². The van der Waals surface area contributed by atoms with Gasteiger partial charge in [0.25, 0.3) is 0 Å². The van der Waals surface area contributed by atoms with Crippen LogP contribution in [0.15, 0.2) is 43.0 Å². The molecule has 0 saturated carbocycles. The van der Waals surface area contributed by atoms with Crippen molar-refractivity contribution in [1.82, 2.24) is 0 Å². The molecule has 0 heteroatoms. The van der Waals surface area contributed by atoms with Gasteiger partial charge in [0.1, 0.15) is 0 Å². The van der Waals surface area contributed by atoms with E-state index in [1.807, 2.05) is 6.08 Å². The van der Waals surface area contributed by atoms with E-state index in [0.717, 1.165) is 6.42 Å². The van der Waals surface area contributed by atoms with Crippen molar-refractivity contribution in [2.45, 2.75) is 39.5 Å². The summed E-state index contributed by atoms with van der Waals surface area (Å²) in [6, 6.07) is 8.49. The maximum Gasteiger partial charge on any atom is -0.0158 e. The van der Waals surface area contributed by atoms with Gasteiger partial charge in [0.15, 0.2) is 0 Å². The first-order valence-corrected chi connectivity index (χ1v) is 6.18. The van der Waals surface area contributed by atoms with E-state index in [9.17, 15) is 0 Å². The van der Waals surface area contributed by atoms with Crippen LogP contribution < -0.4 is 0 Å². The summed E-state index contributed by atoms with van der Waals surface area (Å²) in [5, 5.41) is 0. The van der Waals surface area contributed by atoms with Crippen molar-refractivity contribution >= 4 is 5.57 Å². The summed E-state index contributed by atoms with van der Waals surface area (Å²) >= 11 is 0. The van der Waals surface area contributed by atoms with Gasteiger partial charge < -0.3 is 0 Å². The average Bonchev–Trinajstić information content (AvgIpc) is 2.31. The van der Waals surface area contributed by atoms with Crippen LogP contribution in [0.3, 0.4) is 0 Å². The van der Waals surface area contributed by atoms with Crippen LogP contribution in [0, 0.1) is 6.92 Å². The van der Waals surface area contributed by atoms with Crippen LogP contribution in [0.1, 0.15) is 43.7 Å². The summed E-state index contributed by atoms with van der Waals surface area (Å²) in [5.41, 5.74) is 3.91. The number of rotatable bonds is 6. The van der Waals surface area contributed by atoms with E-state index in [2.05, 4.69) is 50.8 Å². The third kappa shape index (κ3) is 3.69. The van der Waals surface area contributed by atoms with Gasteiger partial charge >= 0.3 is 0 Å². The van der Waals surface area contributed by atoms with Crippen LogP contribution in [0.2, 0.25) is 0 Å². The molecule has 0 atom stereocenters. The van der Waals surface area contributed by atoms with Crippen LogP contribution in [0.5, 0.6) is 0 Å². The van der Waals surface area contributed by atoms with Gasteiger partial charge in [0.05, 0.1) is 0 Å². The SMILES string of the molecule is C=C/C(=C/CCCCC)c1ccccc1C. The molecule has 1 aromatic carbocycles. The molecule has 0 amide bonds. The zero-order chi connectivity index (χ0) is 11.8. The highest BCUT2D eigenvalue weighted by atomic mass is 14.0. The summed E-state index contributed by atoms with van der Waals surface area (Å²) in [6.07, 6.45) is 9.30. The quantitative estimate of drug-likeness (QED) is 0.454. The van der Waals surface area contributed by atoms with E-state index < -0.39 is 0 Å². The molecule has 0 spiro atoms. The Bertz CT molecular complexity index is 358. The van der Waals surface area contributed by atoms with Gasteiger partial charge in [-0.3, -0.25) is 0 Å². The molecule has 0 heterocycles. The minimum absolute atomic E-state index is 1.16. The number of benzene rings is 1. The van der Waals surface area contributed by atoms with Crippen molar-refractivity contribution in [2.75, 3.05) is 0 Å². The molecule has 0 aromatic heterocycles. The van der Waals surface area contributed by atoms with Gasteiger partial charge in [-0.2, -0.15) is 0 Å². The molecule has 0 saturated heterocycles. The maximum absolute atomic E-state index is 3.91. The predicted octanol–water partition coefficient (Wildman–Crippen LogP) is 5.14. The minimum atomic E-state index is 1.16. The summed E-state index contributed by atoms with van der Waals surface area (Å²) in [7, 11) is 0. The Morgan fingerprint density at radius 2 is 2.00 bits per heavy atom. The van der Waals surface area contributed by atoms with Crippen molar-refractivity contribution in [3.05, 3.63) is 54.1 Å². The fourth-order valence-corrected chi connectivity index (χ4v) is 1.85. The highest BCUT2D eigenvalue weighted by Gasteiger charge is 1.99. The van der Waals surface area contributed by atoms with E-state index in [-0.39, 0.29) is 0 Å². The standard InChI is InChI=1S/C16H22/c1-4-6-7-8-12-15(5-2)16-13-10-9-11-14(16)3/h5,9-13H,2,4,6-8H2,1,3H3/b15-12-. The van der Waals surface area contributed by atoms with Gasteiger partial charge in [0, 0.05) is 0 Å². The lowest BCUT2D eigenvalue weighted by atomic mass is 9.99. The molecule has 0 aliphatic rings. The largest absolute Gasteiger partial charge is 0.0985 e. The molecular weight excluding hydrogens is 192 g/mol. The second-order valence-electron chi connectivity index (χ2n) is 4.17. The molecule has 0 unspecified atom stereocenters. The molecule has 1 rings (SSSR count). The molecule has 16 heavy (non-hydrogen) atoms. The number of allylic oxidation sites excluding steroid dienone is 3. The zero-order valence-electron chi connectivity index (χ0n) is 10.5. The highest BCUT2D eigenvalue weighted by Crippen LogP contribution is 2.20. The van der Waals surface area contributed by atoms with Gasteiger partial charge in [-0.15, -0.1) is 0 Å². The minimum Gasteiger partial charge on any atom is -0.0985 e. The number of unbranched alkanes of at least 4 members (excludes halogenated alkanes) is 3. The van der Waals surface area contributed by atoms with Gasteiger partial charge in [-0.05, 0) is 36.5 Å². The fourth-order valence-electron chi connectivity index (χ4n) is 1.85. The lowest BCUT2D eigenvalue weighted by Gasteiger charge is -2.06. The van der Waals surface area contributed by atoms with Crippen LogP contribution in [-0.2, 0) is 0 Å². The van der Waals surface area contributed by atoms with Crippen LogP contribution >= 0.6 is 0 Å². The molecule has 0 aliphatic heterocycles. The van der Waals surface area contributed by atoms with E-state index in [1.54, 1.807) is 0 Å². The van der Waals surface area contributed by atoms with E-state index in [0.29, 0.717) is 0 Å². The molecule has 0 nitrogen and oxygen atoms in total. The molecule has 0 fully saturated rings. The normalized spacial score (nSPS) is 11.5. The summed E-state index contributed by atoms with van der Waals surface area (Å²) in [4.78, 5) is 0. The highest BCUT2D eigenvalue weighted by molar-refractivity contribution is 5.75. The summed E-state index contributed by atoms with van der Waals surface area (Å²) in [6.45, 7) is 8.30. The fraction of sp³-hybridized carbons (Fsp3) is 0.375. The monoisotopic (exact) mass is 214 g/mol. The van der Waals surface area contributed by atoms with Crippen molar-refractivity contribution in [3.63, 3.8) is 0 Å². The molecule has 0 radical (unpaired) electrons. The first-order chi connectivity index (χ1) is 7.79. The number of aryl methyl sites for hydroxylation is 1. The van der Waals surface area contributed by atoms with E-state index >= 15 is 0 Å². The van der Waals surface area contributed by atoms with Gasteiger partial charge in [0.2, 0.25) is 0 Å². The molecular formula is C16H22. The Labute approximate surface area is 99.7 Å². The third-order valence-corrected chi connectivity index (χ3v) is 2.85. The molecule has 1 aromatic rings. The van der Waals surface area contributed by atoms with Crippen molar-refractivity contribution in [2.24, 2.45) is 0 Å². The topological polar surface area (TPSA) is 0 Å². The van der Waals surface area contributed by atoms with E-state index in [1.165, 1.54) is 36.0 Å². The van der Waals surface area contributed by atoms with Crippen LogP contribution in [0.4, 0.5) is 0 Å². The Morgan fingerprint density at radius 3 is 2.62 bits per heavy atom. The second-order valence-corrected chi connectivity index (χ2v) is 4.17. The van der Waals surface area contributed by atoms with Crippen molar-refractivity contribution < 1.29 is 0 Å². The third-order valence-electron chi connectivity index (χ3n) is 2.85.